The van der Waals surface area contributed by atoms with Crippen molar-refractivity contribution >= 4 is 22.2 Å². The van der Waals surface area contributed by atoms with Crippen molar-refractivity contribution in [3.8, 4) is 6.07 Å². The summed E-state index contributed by atoms with van der Waals surface area (Å²) < 4.78 is 5.12. The summed E-state index contributed by atoms with van der Waals surface area (Å²) in [4.78, 5) is 16.7. The number of thiophene rings is 1. The van der Waals surface area contributed by atoms with Crippen LogP contribution in [-0.2, 0) is 9.53 Å². The van der Waals surface area contributed by atoms with Crippen molar-refractivity contribution in [1.82, 2.24) is 9.80 Å². The van der Waals surface area contributed by atoms with Crippen molar-refractivity contribution in [1.29, 1.82) is 5.26 Å². The molecule has 1 saturated heterocycles. The molecule has 2 rings (SSSR count). The first-order valence-corrected chi connectivity index (χ1v) is 8.24. The number of carbonyl (C=O) groups is 1. The highest BCUT2D eigenvalue weighted by atomic mass is 32.1. The second-order valence-corrected chi connectivity index (χ2v) is 6.35. The van der Waals surface area contributed by atoms with Crippen molar-refractivity contribution in [2.45, 2.75) is 13.0 Å². The molecule has 0 aliphatic carbocycles. The molecule has 0 unspecified atom stereocenters. The number of hydrogen-bond acceptors (Lipinski definition) is 6. The molecule has 7 heteroatoms. The summed E-state index contributed by atoms with van der Waals surface area (Å²) >= 11 is 1.38. The van der Waals surface area contributed by atoms with Gasteiger partial charge in [-0.25, -0.2) is 0 Å². The number of hydrogen-bond donors (Lipinski definition) is 1. The molecule has 0 radical (unpaired) electrons. The number of rotatable bonds is 6. The maximum absolute atomic E-state index is 12.1. The van der Waals surface area contributed by atoms with Crippen LogP contribution in [0.3, 0.4) is 0 Å². The molecule has 0 saturated carbocycles. The molecule has 0 aromatic carbocycles. The van der Waals surface area contributed by atoms with Crippen molar-refractivity contribution < 1.29 is 9.53 Å². The van der Waals surface area contributed by atoms with E-state index in [9.17, 15) is 4.79 Å². The molecule has 1 N–H and O–H groups in total. The van der Waals surface area contributed by atoms with Crippen LogP contribution in [0.1, 0.15) is 12.5 Å². The van der Waals surface area contributed by atoms with E-state index in [-0.39, 0.29) is 5.91 Å². The Hall–Kier alpha value is -1.46. The van der Waals surface area contributed by atoms with Gasteiger partial charge in [0.15, 0.2) is 0 Å². The third-order valence-corrected chi connectivity index (χ3v) is 4.67. The van der Waals surface area contributed by atoms with Gasteiger partial charge in [-0.3, -0.25) is 14.6 Å². The molecular weight excluding hydrogens is 300 g/mol. The van der Waals surface area contributed by atoms with Crippen molar-refractivity contribution in [3.63, 3.8) is 0 Å². The topological polar surface area (TPSA) is 68.6 Å². The minimum absolute atomic E-state index is 0.0588. The molecule has 1 fully saturated rings. The highest BCUT2D eigenvalue weighted by Gasteiger charge is 2.24. The fraction of sp³-hybridized carbons (Fsp3) is 0.600. The zero-order valence-electron chi connectivity index (χ0n) is 13.0. The number of nitriles is 1. The molecule has 120 valence electrons. The van der Waals surface area contributed by atoms with E-state index >= 15 is 0 Å². The number of carbonyl (C=O) groups excluding carboxylic acids is 1. The maximum Gasteiger partial charge on any atom is 0.239 e. The number of methoxy groups -OCH3 is 1. The zero-order chi connectivity index (χ0) is 15.9. The van der Waals surface area contributed by atoms with E-state index in [1.807, 2.05) is 5.38 Å². The van der Waals surface area contributed by atoms with Crippen LogP contribution in [0.2, 0.25) is 0 Å². The predicted molar refractivity (Wildman–Crippen MR) is 87.0 cm³/mol. The standard InChI is InChI=1S/C15H22N4O2S/c1-12-10-18(4-5-19(12)6-7-21-2)11-14(20)17-15-13(9-16)3-8-22-15/h3,8,12H,4-7,10-11H2,1-2H3,(H,17,20)/t12-/m1/s1. The fourth-order valence-corrected chi connectivity index (χ4v) is 3.37. The Bertz CT molecular complexity index is 540. The van der Waals surface area contributed by atoms with E-state index in [0.29, 0.717) is 23.2 Å². The smallest absolute Gasteiger partial charge is 0.239 e. The molecule has 1 aliphatic heterocycles. The van der Waals surface area contributed by atoms with Gasteiger partial charge in [0.2, 0.25) is 5.91 Å². The van der Waals surface area contributed by atoms with Gasteiger partial charge < -0.3 is 10.1 Å². The van der Waals surface area contributed by atoms with Gasteiger partial charge in [0, 0.05) is 39.3 Å². The van der Waals surface area contributed by atoms with Crippen molar-refractivity contribution in [2.75, 3.05) is 51.8 Å². The number of amides is 1. The lowest BCUT2D eigenvalue weighted by Gasteiger charge is -2.39. The van der Waals surface area contributed by atoms with Gasteiger partial charge in [-0.2, -0.15) is 5.26 Å². The highest BCUT2D eigenvalue weighted by Crippen LogP contribution is 2.22. The largest absolute Gasteiger partial charge is 0.383 e. The van der Waals surface area contributed by atoms with Crippen LogP contribution in [0.15, 0.2) is 11.4 Å². The highest BCUT2D eigenvalue weighted by molar-refractivity contribution is 7.14. The second kappa shape index (κ2) is 8.25. The fourth-order valence-electron chi connectivity index (χ4n) is 2.62. The quantitative estimate of drug-likeness (QED) is 0.852. The minimum atomic E-state index is -0.0588. The number of anilines is 1. The van der Waals surface area contributed by atoms with Gasteiger partial charge >= 0.3 is 0 Å². The first-order chi connectivity index (χ1) is 10.6. The second-order valence-electron chi connectivity index (χ2n) is 5.44. The SMILES string of the molecule is COCCN1CCN(CC(=O)Nc2sccc2C#N)C[C@H]1C. The van der Waals surface area contributed by atoms with Gasteiger partial charge in [0.25, 0.3) is 0 Å². The van der Waals surface area contributed by atoms with E-state index in [1.54, 1.807) is 13.2 Å². The maximum atomic E-state index is 12.1. The summed E-state index contributed by atoms with van der Waals surface area (Å²) in [5.41, 5.74) is 0.524. The van der Waals surface area contributed by atoms with E-state index < -0.39 is 0 Å². The molecule has 1 aromatic heterocycles. The summed E-state index contributed by atoms with van der Waals surface area (Å²) in [6, 6.07) is 4.21. The first-order valence-electron chi connectivity index (χ1n) is 7.36. The van der Waals surface area contributed by atoms with Gasteiger partial charge in [0.1, 0.15) is 11.1 Å². The lowest BCUT2D eigenvalue weighted by Crippen LogP contribution is -2.54. The van der Waals surface area contributed by atoms with E-state index in [4.69, 9.17) is 10.00 Å². The van der Waals surface area contributed by atoms with E-state index in [2.05, 4.69) is 28.1 Å². The number of nitrogens with zero attached hydrogens (tertiary/aromatic N) is 3. The van der Waals surface area contributed by atoms with Crippen LogP contribution in [0, 0.1) is 11.3 Å². The lowest BCUT2D eigenvalue weighted by atomic mass is 10.2. The molecule has 0 bridgehead atoms. The third kappa shape index (κ3) is 4.52. The number of piperazine rings is 1. The van der Waals surface area contributed by atoms with Crippen molar-refractivity contribution in [2.24, 2.45) is 0 Å². The van der Waals surface area contributed by atoms with E-state index in [1.165, 1.54) is 11.3 Å². The Morgan fingerprint density at radius 2 is 2.41 bits per heavy atom. The third-order valence-electron chi connectivity index (χ3n) is 3.84. The van der Waals surface area contributed by atoms with Crippen molar-refractivity contribution in [3.05, 3.63) is 17.0 Å². The van der Waals surface area contributed by atoms with Crippen LogP contribution in [0.4, 0.5) is 5.00 Å². The molecule has 1 amide bonds. The normalized spacial score (nSPS) is 19.8. The minimum Gasteiger partial charge on any atom is -0.383 e. The number of nitrogens with one attached hydrogen (secondary N) is 1. The monoisotopic (exact) mass is 322 g/mol. The molecule has 22 heavy (non-hydrogen) atoms. The number of ether oxygens (including phenoxy) is 1. The summed E-state index contributed by atoms with van der Waals surface area (Å²) in [7, 11) is 1.71. The van der Waals surface area contributed by atoms with Crippen LogP contribution >= 0.6 is 11.3 Å². The summed E-state index contributed by atoms with van der Waals surface area (Å²) in [6.45, 7) is 6.89. The summed E-state index contributed by atoms with van der Waals surface area (Å²) in [6.07, 6.45) is 0. The molecule has 1 atom stereocenters. The predicted octanol–water partition coefficient (Wildman–Crippen LogP) is 1.21. The van der Waals surface area contributed by atoms with Crippen LogP contribution in [0.5, 0.6) is 0 Å². The van der Waals surface area contributed by atoms with Gasteiger partial charge in [-0.15, -0.1) is 11.3 Å². The Kier molecular flexibility index (Phi) is 6.34. The lowest BCUT2D eigenvalue weighted by molar-refractivity contribution is -0.118. The molecule has 0 spiro atoms. The van der Waals surface area contributed by atoms with Crippen LogP contribution < -0.4 is 5.32 Å². The van der Waals surface area contributed by atoms with Gasteiger partial charge in [-0.05, 0) is 18.4 Å². The molecule has 1 aromatic rings. The Morgan fingerprint density at radius 3 is 3.09 bits per heavy atom. The molecule has 1 aliphatic rings. The van der Waals surface area contributed by atoms with E-state index in [0.717, 1.165) is 32.8 Å². The average molecular weight is 322 g/mol. The molecular formula is C15H22N4O2S. The molecule has 6 nitrogen and oxygen atoms in total. The summed E-state index contributed by atoms with van der Waals surface area (Å²) in [5, 5.41) is 14.2. The molecule has 2 heterocycles. The Balaban J connectivity index is 1.80. The van der Waals surface area contributed by atoms with Crippen LogP contribution in [0.25, 0.3) is 0 Å². The van der Waals surface area contributed by atoms with Crippen LogP contribution in [-0.4, -0.2) is 68.2 Å². The van der Waals surface area contributed by atoms with Gasteiger partial charge in [-0.1, -0.05) is 0 Å². The zero-order valence-corrected chi connectivity index (χ0v) is 13.9. The first kappa shape index (κ1) is 16.9. The Labute approximate surface area is 135 Å². The van der Waals surface area contributed by atoms with Gasteiger partial charge in [0.05, 0.1) is 18.7 Å². The average Bonchev–Trinajstić information content (AvgIpc) is 2.93. The summed E-state index contributed by atoms with van der Waals surface area (Å²) in [5.74, 6) is -0.0588. The Morgan fingerprint density at radius 1 is 1.59 bits per heavy atom.